The lowest BCUT2D eigenvalue weighted by molar-refractivity contribution is -0.137. The van der Waals surface area contributed by atoms with Crippen molar-refractivity contribution in [1.29, 1.82) is 0 Å². The summed E-state index contributed by atoms with van der Waals surface area (Å²) in [5, 5.41) is 18.3. The van der Waals surface area contributed by atoms with Crippen LogP contribution in [0.25, 0.3) is 0 Å². The van der Waals surface area contributed by atoms with Gasteiger partial charge in [-0.15, -0.1) is 0 Å². The Morgan fingerprint density at radius 2 is 2.10 bits per heavy atom. The van der Waals surface area contributed by atoms with Gasteiger partial charge in [-0.3, -0.25) is 4.79 Å². The molecule has 1 unspecified atom stereocenters. The Morgan fingerprint density at radius 3 is 2.67 bits per heavy atom. The predicted molar refractivity (Wildman–Crippen MR) is 110 cm³/mol. The molecule has 2 aromatic rings. The van der Waals surface area contributed by atoms with Gasteiger partial charge in [-0.25, -0.2) is 0 Å². The lowest BCUT2D eigenvalue weighted by atomic mass is 9.81. The molecule has 0 spiro atoms. The van der Waals surface area contributed by atoms with Crippen LogP contribution in [0, 0.1) is 0 Å². The van der Waals surface area contributed by atoms with Crippen molar-refractivity contribution < 1.29 is 27.9 Å². The first-order chi connectivity index (χ1) is 14.2. The van der Waals surface area contributed by atoms with E-state index >= 15 is 0 Å². The number of hydrogen-bond acceptors (Lipinski definition) is 5. The van der Waals surface area contributed by atoms with Crippen molar-refractivity contribution in [2.24, 2.45) is 5.16 Å². The number of carbonyl (C=O) groups excluding carboxylic acids is 1. The third-order valence-corrected chi connectivity index (χ3v) is 5.88. The first-order valence-corrected chi connectivity index (χ1v) is 10.5. The van der Waals surface area contributed by atoms with Crippen LogP contribution in [0.15, 0.2) is 51.5 Å². The Morgan fingerprint density at radius 1 is 1.33 bits per heavy atom. The van der Waals surface area contributed by atoms with Crippen LogP contribution in [-0.4, -0.2) is 16.6 Å². The largest absolute Gasteiger partial charge is 0.511 e. The van der Waals surface area contributed by atoms with Crippen LogP contribution in [0.4, 0.5) is 13.2 Å². The Bertz CT molecular complexity index is 984. The molecule has 1 aliphatic rings. The molecule has 0 fully saturated rings. The number of benzene rings is 1. The average Bonchev–Trinajstić information content (AvgIpc) is 3.18. The van der Waals surface area contributed by atoms with Gasteiger partial charge in [0.2, 0.25) is 0 Å². The van der Waals surface area contributed by atoms with Crippen molar-refractivity contribution in [1.82, 2.24) is 0 Å². The minimum atomic E-state index is -4.50. The summed E-state index contributed by atoms with van der Waals surface area (Å²) in [6.07, 6.45) is -4.04. The summed E-state index contributed by atoms with van der Waals surface area (Å²) in [4.78, 5) is 18.1. The molecular formula is C21H19ClF3NO3S. The summed E-state index contributed by atoms with van der Waals surface area (Å²) in [6.45, 7) is 2.04. The third kappa shape index (κ3) is 5.05. The Labute approximate surface area is 180 Å². The van der Waals surface area contributed by atoms with Crippen molar-refractivity contribution in [3.05, 3.63) is 68.1 Å². The molecule has 0 saturated heterocycles. The molecule has 4 nitrogen and oxygen atoms in total. The van der Waals surface area contributed by atoms with Crippen molar-refractivity contribution in [3.63, 3.8) is 0 Å². The van der Waals surface area contributed by atoms with E-state index in [-0.39, 0.29) is 41.6 Å². The molecule has 0 bridgehead atoms. The highest BCUT2D eigenvalue weighted by atomic mass is 35.5. The van der Waals surface area contributed by atoms with Crippen molar-refractivity contribution >= 4 is 34.4 Å². The van der Waals surface area contributed by atoms with Gasteiger partial charge in [0.25, 0.3) is 0 Å². The maximum atomic E-state index is 12.9. The molecular weight excluding hydrogens is 439 g/mol. The highest BCUT2D eigenvalue weighted by Crippen LogP contribution is 2.40. The Hall–Kier alpha value is -2.32. The minimum absolute atomic E-state index is 0.00796. The van der Waals surface area contributed by atoms with Crippen molar-refractivity contribution in [3.8, 4) is 0 Å². The summed E-state index contributed by atoms with van der Waals surface area (Å²) < 4.78 is 38.6. The lowest BCUT2D eigenvalue weighted by Gasteiger charge is -2.25. The van der Waals surface area contributed by atoms with Gasteiger partial charge >= 0.3 is 6.18 Å². The van der Waals surface area contributed by atoms with Crippen LogP contribution in [0.1, 0.15) is 48.8 Å². The number of ketones is 1. The molecule has 0 aliphatic heterocycles. The number of halogens is 4. The van der Waals surface area contributed by atoms with Gasteiger partial charge in [0, 0.05) is 23.4 Å². The van der Waals surface area contributed by atoms with E-state index in [1.165, 1.54) is 17.4 Å². The van der Waals surface area contributed by atoms with E-state index in [9.17, 15) is 23.1 Å². The summed E-state index contributed by atoms with van der Waals surface area (Å²) in [6, 6.07) is 4.93. The van der Waals surface area contributed by atoms with E-state index in [0.29, 0.717) is 17.7 Å². The number of allylic oxidation sites excluding steroid dienone is 2. The molecule has 0 amide bonds. The zero-order chi connectivity index (χ0) is 21.9. The second-order valence-electron chi connectivity index (χ2n) is 6.88. The fourth-order valence-electron chi connectivity index (χ4n) is 3.32. The maximum absolute atomic E-state index is 12.9. The third-order valence-electron chi connectivity index (χ3n) is 4.82. The number of alkyl halides is 3. The van der Waals surface area contributed by atoms with Gasteiger partial charge < -0.3 is 9.94 Å². The topological polar surface area (TPSA) is 58.9 Å². The summed E-state index contributed by atoms with van der Waals surface area (Å²) in [5.74, 6) is -1.02. The van der Waals surface area contributed by atoms with E-state index in [2.05, 4.69) is 5.16 Å². The molecule has 0 saturated carbocycles. The molecule has 3 rings (SSSR count). The molecule has 1 N–H and O–H groups in total. The number of oxime groups is 1. The highest BCUT2D eigenvalue weighted by molar-refractivity contribution is 7.07. The number of rotatable bonds is 6. The predicted octanol–water partition coefficient (Wildman–Crippen LogP) is 6.66. The Balaban J connectivity index is 1.80. The van der Waals surface area contributed by atoms with Crippen LogP contribution < -0.4 is 0 Å². The average molecular weight is 458 g/mol. The number of aliphatic hydroxyl groups is 1. The molecule has 160 valence electrons. The number of carbonyl (C=O) groups is 1. The molecule has 1 atom stereocenters. The Kier molecular flexibility index (Phi) is 6.88. The smallest absolute Gasteiger partial charge is 0.416 e. The van der Waals surface area contributed by atoms with Crippen LogP contribution in [0.2, 0.25) is 5.02 Å². The lowest BCUT2D eigenvalue weighted by Crippen LogP contribution is -2.24. The molecule has 30 heavy (non-hydrogen) atoms. The number of aliphatic hydroxyl groups excluding tert-OH is 1. The van der Waals surface area contributed by atoms with E-state index in [1.54, 1.807) is 6.92 Å². The number of nitrogens with zero attached hydrogens (tertiary/aromatic N) is 1. The number of Topliss-reactive ketones (excluding diaryl/α,β-unsaturated/α-hetero) is 1. The molecule has 1 heterocycles. The molecule has 0 radical (unpaired) electrons. The van der Waals surface area contributed by atoms with E-state index in [0.717, 1.165) is 17.7 Å². The second kappa shape index (κ2) is 9.22. The van der Waals surface area contributed by atoms with Crippen LogP contribution in [-0.2, 0) is 22.4 Å². The minimum Gasteiger partial charge on any atom is -0.511 e. The van der Waals surface area contributed by atoms with Crippen LogP contribution >= 0.6 is 22.9 Å². The summed E-state index contributed by atoms with van der Waals surface area (Å²) in [7, 11) is 0. The van der Waals surface area contributed by atoms with Crippen LogP contribution in [0.3, 0.4) is 0 Å². The van der Waals surface area contributed by atoms with Gasteiger partial charge in [-0.2, -0.15) is 24.5 Å². The second-order valence-corrected chi connectivity index (χ2v) is 8.07. The first kappa shape index (κ1) is 22.4. The maximum Gasteiger partial charge on any atom is 0.416 e. The van der Waals surface area contributed by atoms with Gasteiger partial charge in [0.1, 0.15) is 12.4 Å². The van der Waals surface area contributed by atoms with Gasteiger partial charge in [-0.05, 0) is 46.9 Å². The van der Waals surface area contributed by atoms with Gasteiger partial charge in [0.15, 0.2) is 5.78 Å². The van der Waals surface area contributed by atoms with Gasteiger partial charge in [0.05, 0.1) is 16.8 Å². The molecule has 9 heteroatoms. The standard InChI is InChI=1S/C21H19ClF3NO3S/c1-2-17(26-29-10-12-5-6-30-11-12)20-18(27)7-13(8-19(20)28)15-4-3-14(9-16(15)22)21(23,24)25/h3-6,9,11,13,27H,2,7-8,10H2,1H3/b26-17-. The summed E-state index contributed by atoms with van der Waals surface area (Å²) in [5.41, 5.74) is 0.936. The quantitative estimate of drug-likeness (QED) is 0.389. The highest BCUT2D eigenvalue weighted by Gasteiger charge is 2.34. The zero-order valence-corrected chi connectivity index (χ0v) is 17.6. The van der Waals surface area contributed by atoms with E-state index in [1.807, 2.05) is 16.8 Å². The monoisotopic (exact) mass is 457 g/mol. The van der Waals surface area contributed by atoms with E-state index < -0.39 is 17.7 Å². The van der Waals surface area contributed by atoms with E-state index in [4.69, 9.17) is 16.4 Å². The number of hydrogen-bond donors (Lipinski definition) is 1. The van der Waals surface area contributed by atoms with Crippen molar-refractivity contribution in [2.75, 3.05) is 0 Å². The molecule has 1 aromatic carbocycles. The fourth-order valence-corrected chi connectivity index (χ4v) is 4.31. The molecule has 1 aliphatic carbocycles. The first-order valence-electron chi connectivity index (χ1n) is 9.23. The summed E-state index contributed by atoms with van der Waals surface area (Å²) >= 11 is 7.59. The fraction of sp³-hybridized carbons (Fsp3) is 0.333. The normalized spacial score (nSPS) is 18.1. The van der Waals surface area contributed by atoms with Gasteiger partial charge in [-0.1, -0.05) is 29.7 Å². The van der Waals surface area contributed by atoms with Crippen LogP contribution in [0.5, 0.6) is 0 Å². The molecule has 1 aromatic heterocycles. The number of thiophene rings is 1. The SMILES string of the molecule is CC/C(=N/OCc1ccsc1)C1=C(O)CC(c2ccc(C(F)(F)F)cc2Cl)CC1=O. The zero-order valence-electron chi connectivity index (χ0n) is 16.0. The van der Waals surface area contributed by atoms with Crippen molar-refractivity contribution in [2.45, 2.75) is 44.9 Å².